The Morgan fingerprint density at radius 3 is 2.57 bits per heavy atom. The summed E-state index contributed by atoms with van der Waals surface area (Å²) in [5, 5.41) is 12.6. The van der Waals surface area contributed by atoms with Crippen molar-refractivity contribution in [2.75, 3.05) is 39.4 Å². The lowest BCUT2D eigenvalue weighted by molar-refractivity contribution is -0.137. The molecule has 1 fully saturated rings. The number of carbonyl (C=O) groups excluding carboxylic acids is 1. The van der Waals surface area contributed by atoms with Crippen LogP contribution in [0.25, 0.3) is 21.0 Å². The highest BCUT2D eigenvalue weighted by molar-refractivity contribution is 7.16. The maximum Gasteiger partial charge on any atom is 0.305 e. The topological polar surface area (TPSA) is 85.9 Å². The first-order valence-corrected chi connectivity index (χ1v) is 18.4. The minimum atomic E-state index is -0.609. The van der Waals surface area contributed by atoms with Crippen molar-refractivity contribution in [3.05, 3.63) is 111 Å². The molecular weight excluding hydrogens is 638 g/mol. The summed E-state index contributed by atoms with van der Waals surface area (Å²) in [4.78, 5) is 33.6. The molecule has 6 rings (SSSR count). The van der Waals surface area contributed by atoms with Crippen LogP contribution in [0.1, 0.15) is 61.6 Å². The summed E-state index contributed by atoms with van der Waals surface area (Å²) in [6.45, 7) is 5.59. The lowest BCUT2D eigenvalue weighted by Crippen LogP contribution is -2.48. The van der Waals surface area contributed by atoms with Gasteiger partial charge in [-0.05, 0) is 77.9 Å². The molecule has 0 aliphatic heterocycles. The minimum Gasteiger partial charge on any atom is -0.506 e. The maximum atomic E-state index is 14.6. The molecule has 2 N–H and O–H groups in total. The summed E-state index contributed by atoms with van der Waals surface area (Å²) >= 11 is 1.12. The fraction of sp³-hybridized carbons (Fsp3) is 0.400. The molecule has 1 heterocycles. The Morgan fingerprint density at radius 1 is 0.959 bits per heavy atom. The van der Waals surface area contributed by atoms with Crippen molar-refractivity contribution in [1.29, 1.82) is 0 Å². The Labute approximate surface area is 291 Å². The van der Waals surface area contributed by atoms with Crippen LogP contribution in [-0.2, 0) is 22.4 Å². The van der Waals surface area contributed by atoms with Crippen LogP contribution < -0.4 is 4.87 Å². The number of ether oxygens (including phenoxy) is 1. The zero-order valence-electron chi connectivity index (χ0n) is 28.2. The van der Waals surface area contributed by atoms with Crippen molar-refractivity contribution < 1.29 is 19.0 Å². The van der Waals surface area contributed by atoms with Crippen LogP contribution in [0.15, 0.2) is 83.7 Å². The number of rotatable bonds is 15. The van der Waals surface area contributed by atoms with Gasteiger partial charge >= 0.3 is 4.87 Å². The molecule has 4 aromatic carbocycles. The van der Waals surface area contributed by atoms with Crippen molar-refractivity contribution in [3.8, 4) is 5.75 Å². The third-order valence-electron chi connectivity index (χ3n) is 9.97. The predicted octanol–water partition coefficient (Wildman–Crippen LogP) is 7.66. The van der Waals surface area contributed by atoms with Crippen molar-refractivity contribution in [3.63, 3.8) is 0 Å². The smallest absolute Gasteiger partial charge is 0.305 e. The Morgan fingerprint density at radius 2 is 1.76 bits per heavy atom. The number of likely N-dealkylation sites (N-methyl/N-ethyl adjacent to an activating group) is 1. The van der Waals surface area contributed by atoms with E-state index in [2.05, 4.69) is 52.0 Å². The number of aromatic amines is 1. The molecular formula is C40H46FN3O4S. The maximum absolute atomic E-state index is 14.6. The third kappa shape index (κ3) is 8.58. The second-order valence-corrected chi connectivity index (χ2v) is 14.0. The van der Waals surface area contributed by atoms with E-state index in [1.165, 1.54) is 34.9 Å². The van der Waals surface area contributed by atoms with Gasteiger partial charge in [0.15, 0.2) is 0 Å². The van der Waals surface area contributed by atoms with Gasteiger partial charge in [0, 0.05) is 25.7 Å². The summed E-state index contributed by atoms with van der Waals surface area (Å²) in [5.74, 6) is -0.891. The van der Waals surface area contributed by atoms with Crippen LogP contribution in [0, 0.1) is 5.82 Å². The van der Waals surface area contributed by atoms with E-state index in [0.717, 1.165) is 66.8 Å². The second kappa shape index (κ2) is 16.6. The molecule has 0 bridgehead atoms. The number of benzene rings is 4. The van der Waals surface area contributed by atoms with Crippen LogP contribution in [0.5, 0.6) is 5.75 Å². The molecule has 9 heteroatoms. The molecule has 1 atom stereocenters. The van der Waals surface area contributed by atoms with Gasteiger partial charge in [0.25, 0.3) is 0 Å². The van der Waals surface area contributed by atoms with E-state index in [4.69, 9.17) is 4.74 Å². The molecule has 258 valence electrons. The molecule has 1 aliphatic carbocycles. The number of carbonyl (C=O) groups is 1. The van der Waals surface area contributed by atoms with E-state index >= 15 is 0 Å². The summed E-state index contributed by atoms with van der Waals surface area (Å²) in [5.41, 5.74) is 3.35. The Bertz CT molecular complexity index is 1910. The van der Waals surface area contributed by atoms with Crippen molar-refractivity contribution in [2.45, 2.75) is 63.8 Å². The first-order chi connectivity index (χ1) is 23.9. The molecule has 1 unspecified atom stereocenters. The summed E-state index contributed by atoms with van der Waals surface area (Å²) < 4.78 is 21.6. The number of amides is 1. The number of phenolic OH excluding ortho intramolecular Hbond substituents is 1. The second-order valence-electron chi connectivity index (χ2n) is 13.0. The van der Waals surface area contributed by atoms with Gasteiger partial charge in [0.2, 0.25) is 5.91 Å². The lowest BCUT2D eigenvalue weighted by atomic mass is 9.91. The summed E-state index contributed by atoms with van der Waals surface area (Å²) in [7, 11) is 0. The minimum absolute atomic E-state index is 0.00365. The summed E-state index contributed by atoms with van der Waals surface area (Å²) in [6.07, 6.45) is 6.73. The zero-order valence-corrected chi connectivity index (χ0v) is 29.0. The van der Waals surface area contributed by atoms with Crippen molar-refractivity contribution in [2.24, 2.45) is 0 Å². The number of H-pyrrole nitrogens is 1. The van der Waals surface area contributed by atoms with Gasteiger partial charge in [-0.25, -0.2) is 4.39 Å². The van der Waals surface area contributed by atoms with Gasteiger partial charge in [-0.1, -0.05) is 98.2 Å². The molecule has 0 spiro atoms. The fourth-order valence-corrected chi connectivity index (χ4v) is 8.12. The van der Waals surface area contributed by atoms with E-state index in [9.17, 15) is 19.1 Å². The largest absolute Gasteiger partial charge is 0.506 e. The van der Waals surface area contributed by atoms with Crippen molar-refractivity contribution >= 4 is 38.2 Å². The Kier molecular flexibility index (Phi) is 11.8. The molecule has 1 amide bonds. The highest BCUT2D eigenvalue weighted by Gasteiger charge is 2.32. The Hall–Kier alpha value is -4.05. The standard InChI is InChI=1S/C40H46FN3O4S/c1-2-43(22-20-30-18-19-36(45)37-38(30)49-40(47)42-37)23-24-44(33-15-4-3-5-16-33)39(46)35(31-13-9-14-32(41)26-31)27-48-25-21-29-12-8-11-28-10-6-7-17-34(28)29/h6-14,17-19,26,33,35,45H,2-5,15-16,20-25,27H2,1H3,(H,42,47). The van der Waals surface area contributed by atoms with E-state index in [1.807, 2.05) is 24.3 Å². The lowest BCUT2D eigenvalue weighted by Gasteiger charge is -2.38. The fourth-order valence-electron chi connectivity index (χ4n) is 7.22. The molecule has 1 aliphatic rings. The average molecular weight is 684 g/mol. The average Bonchev–Trinajstić information content (AvgIpc) is 3.53. The predicted molar refractivity (Wildman–Crippen MR) is 196 cm³/mol. The van der Waals surface area contributed by atoms with Crippen LogP contribution in [0.2, 0.25) is 0 Å². The number of hydrogen-bond donors (Lipinski definition) is 2. The van der Waals surface area contributed by atoms with Gasteiger partial charge in [-0.15, -0.1) is 0 Å². The van der Waals surface area contributed by atoms with Crippen LogP contribution in [0.3, 0.4) is 0 Å². The number of aromatic hydroxyl groups is 1. The SMILES string of the molecule is CCN(CCc1ccc(O)c2[nH]c(=O)sc12)CCN(C(=O)C(COCCc1cccc2ccccc12)c1cccc(F)c1)C1CCCCC1. The zero-order chi connectivity index (χ0) is 34.2. The van der Waals surface area contributed by atoms with Gasteiger partial charge < -0.3 is 24.6 Å². The van der Waals surface area contributed by atoms with E-state index < -0.39 is 5.92 Å². The molecule has 0 radical (unpaired) electrons. The van der Waals surface area contributed by atoms with Gasteiger partial charge in [0.05, 0.1) is 23.8 Å². The number of halogens is 1. The van der Waals surface area contributed by atoms with E-state index in [1.54, 1.807) is 12.1 Å². The van der Waals surface area contributed by atoms with Crippen molar-refractivity contribution in [1.82, 2.24) is 14.8 Å². The summed E-state index contributed by atoms with van der Waals surface area (Å²) in [6, 6.07) is 24.7. The number of fused-ring (bicyclic) bond motifs is 2. The van der Waals surface area contributed by atoms with E-state index in [-0.39, 0.29) is 35.0 Å². The number of aromatic nitrogens is 1. The number of thiazole rings is 1. The number of hydrogen-bond acceptors (Lipinski definition) is 6. The third-order valence-corrected chi connectivity index (χ3v) is 10.9. The van der Waals surface area contributed by atoms with Gasteiger partial charge in [0.1, 0.15) is 17.1 Å². The number of phenols is 1. The van der Waals surface area contributed by atoms with Gasteiger partial charge in [-0.3, -0.25) is 9.59 Å². The van der Waals surface area contributed by atoms with Crippen LogP contribution in [0.4, 0.5) is 4.39 Å². The van der Waals surface area contributed by atoms with E-state index in [0.29, 0.717) is 37.2 Å². The number of nitrogens with one attached hydrogen (secondary N) is 1. The highest BCUT2D eigenvalue weighted by Crippen LogP contribution is 2.30. The van der Waals surface area contributed by atoms with Crippen LogP contribution in [-0.4, -0.2) is 71.2 Å². The molecule has 0 saturated heterocycles. The highest BCUT2D eigenvalue weighted by atomic mass is 32.1. The Balaban J connectivity index is 1.16. The molecule has 5 aromatic rings. The molecule has 49 heavy (non-hydrogen) atoms. The monoisotopic (exact) mass is 683 g/mol. The molecule has 1 saturated carbocycles. The quantitative estimate of drug-likeness (QED) is 0.111. The first kappa shape index (κ1) is 34.8. The normalized spacial score (nSPS) is 14.5. The van der Waals surface area contributed by atoms with Crippen LogP contribution >= 0.6 is 11.3 Å². The molecule has 7 nitrogen and oxygen atoms in total. The van der Waals surface area contributed by atoms with Gasteiger partial charge in [-0.2, -0.15) is 0 Å². The molecule has 1 aromatic heterocycles. The number of nitrogens with zero attached hydrogens (tertiary/aromatic N) is 2. The first-order valence-electron chi connectivity index (χ1n) is 17.6.